The lowest BCUT2D eigenvalue weighted by Gasteiger charge is -2.23. The lowest BCUT2D eigenvalue weighted by molar-refractivity contribution is -0.117. The smallest absolute Gasteiger partial charge is 0.248 e. The molecular formula is C14H19N3O3. The zero-order valence-electron chi connectivity index (χ0n) is 11.4. The molecule has 0 radical (unpaired) electrons. The number of aryl methyl sites for hydroxylation is 1. The van der Waals surface area contributed by atoms with Crippen LogP contribution in [0.1, 0.15) is 22.3 Å². The normalized spacial score (nSPS) is 18.6. The summed E-state index contributed by atoms with van der Waals surface area (Å²) in [6, 6.07) is 5.03. The van der Waals surface area contributed by atoms with Gasteiger partial charge in [-0.05, 0) is 24.6 Å². The number of primary amides is 1. The van der Waals surface area contributed by atoms with E-state index in [-0.39, 0.29) is 11.9 Å². The van der Waals surface area contributed by atoms with Gasteiger partial charge in [0, 0.05) is 30.3 Å². The Balaban J connectivity index is 1.99. The van der Waals surface area contributed by atoms with Crippen molar-refractivity contribution in [3.63, 3.8) is 0 Å². The van der Waals surface area contributed by atoms with Gasteiger partial charge < -0.3 is 21.1 Å². The van der Waals surface area contributed by atoms with Gasteiger partial charge in [-0.15, -0.1) is 0 Å². The maximum Gasteiger partial charge on any atom is 0.248 e. The Hall–Kier alpha value is -1.92. The molecule has 6 nitrogen and oxygen atoms in total. The van der Waals surface area contributed by atoms with Crippen molar-refractivity contribution in [3.05, 3.63) is 29.3 Å². The minimum absolute atomic E-state index is 0.0309. The van der Waals surface area contributed by atoms with Crippen molar-refractivity contribution >= 4 is 17.5 Å². The number of morpholine rings is 1. The number of anilines is 1. The second kappa shape index (κ2) is 6.49. The van der Waals surface area contributed by atoms with Crippen LogP contribution in [0, 0.1) is 6.92 Å². The van der Waals surface area contributed by atoms with Crippen molar-refractivity contribution in [2.24, 2.45) is 5.73 Å². The monoisotopic (exact) mass is 277 g/mol. The van der Waals surface area contributed by atoms with E-state index in [0.29, 0.717) is 30.9 Å². The molecule has 1 heterocycles. The SMILES string of the molecule is Cc1ccc(C(N)=O)cc1NC(=O)CC1COCCN1. The first-order chi connectivity index (χ1) is 9.56. The van der Waals surface area contributed by atoms with Gasteiger partial charge in [-0.2, -0.15) is 0 Å². The van der Waals surface area contributed by atoms with Gasteiger partial charge in [-0.25, -0.2) is 0 Å². The van der Waals surface area contributed by atoms with Crippen LogP contribution in [0.15, 0.2) is 18.2 Å². The van der Waals surface area contributed by atoms with Crippen LogP contribution in [0.25, 0.3) is 0 Å². The maximum atomic E-state index is 12.0. The third kappa shape index (κ3) is 3.79. The molecule has 1 aromatic rings. The van der Waals surface area contributed by atoms with Crippen LogP contribution < -0.4 is 16.4 Å². The predicted octanol–water partition coefficient (Wildman–Crippen LogP) is 0.411. The Labute approximate surface area is 117 Å². The highest BCUT2D eigenvalue weighted by atomic mass is 16.5. The molecule has 1 saturated heterocycles. The summed E-state index contributed by atoms with van der Waals surface area (Å²) in [5.74, 6) is -0.624. The van der Waals surface area contributed by atoms with E-state index in [1.807, 2.05) is 6.92 Å². The Morgan fingerprint density at radius 3 is 2.95 bits per heavy atom. The molecular weight excluding hydrogens is 258 g/mol. The van der Waals surface area contributed by atoms with E-state index in [9.17, 15) is 9.59 Å². The van der Waals surface area contributed by atoms with Gasteiger partial charge in [0.2, 0.25) is 11.8 Å². The Bertz CT molecular complexity index is 510. The number of hydrogen-bond donors (Lipinski definition) is 3. The average molecular weight is 277 g/mol. The molecule has 1 aliphatic rings. The molecule has 2 rings (SSSR count). The van der Waals surface area contributed by atoms with Crippen LogP contribution in [0.5, 0.6) is 0 Å². The first-order valence-electron chi connectivity index (χ1n) is 6.57. The van der Waals surface area contributed by atoms with Crippen molar-refractivity contribution in [1.82, 2.24) is 5.32 Å². The highest BCUT2D eigenvalue weighted by Gasteiger charge is 2.17. The number of ether oxygens (including phenoxy) is 1. The van der Waals surface area contributed by atoms with Crippen molar-refractivity contribution < 1.29 is 14.3 Å². The van der Waals surface area contributed by atoms with Crippen molar-refractivity contribution in [2.45, 2.75) is 19.4 Å². The standard InChI is InChI=1S/C14H19N3O3/c1-9-2-3-10(14(15)19)6-12(9)17-13(18)7-11-8-20-5-4-16-11/h2-3,6,11,16H,4-5,7-8H2,1H3,(H2,15,19)(H,17,18). The molecule has 2 amide bonds. The van der Waals surface area contributed by atoms with Gasteiger partial charge in [0.25, 0.3) is 0 Å². The zero-order chi connectivity index (χ0) is 14.5. The van der Waals surface area contributed by atoms with Crippen LogP contribution >= 0.6 is 0 Å². The molecule has 4 N–H and O–H groups in total. The number of carbonyl (C=O) groups excluding carboxylic acids is 2. The molecule has 6 heteroatoms. The summed E-state index contributed by atoms with van der Waals surface area (Å²) in [6.45, 7) is 3.84. The average Bonchev–Trinajstić information content (AvgIpc) is 2.42. The molecule has 1 unspecified atom stereocenters. The van der Waals surface area contributed by atoms with E-state index in [4.69, 9.17) is 10.5 Å². The quantitative estimate of drug-likeness (QED) is 0.743. The number of carbonyl (C=O) groups is 2. The molecule has 1 aliphatic heterocycles. The highest BCUT2D eigenvalue weighted by Crippen LogP contribution is 2.17. The van der Waals surface area contributed by atoms with E-state index in [1.165, 1.54) is 0 Å². The van der Waals surface area contributed by atoms with Crippen LogP contribution in [0.2, 0.25) is 0 Å². The lowest BCUT2D eigenvalue weighted by atomic mass is 10.1. The highest BCUT2D eigenvalue weighted by molar-refractivity contribution is 5.97. The molecule has 1 aromatic carbocycles. The van der Waals surface area contributed by atoms with Gasteiger partial charge in [0.05, 0.1) is 13.2 Å². The van der Waals surface area contributed by atoms with Crippen LogP contribution in [0.3, 0.4) is 0 Å². The van der Waals surface area contributed by atoms with Crippen LogP contribution in [-0.4, -0.2) is 37.6 Å². The van der Waals surface area contributed by atoms with Gasteiger partial charge in [0.15, 0.2) is 0 Å². The first kappa shape index (κ1) is 14.5. The minimum Gasteiger partial charge on any atom is -0.378 e. The summed E-state index contributed by atoms with van der Waals surface area (Å²) in [6.07, 6.45) is 0.334. The van der Waals surface area contributed by atoms with Gasteiger partial charge in [0.1, 0.15) is 0 Å². The summed E-state index contributed by atoms with van der Waals surface area (Å²) in [7, 11) is 0. The summed E-state index contributed by atoms with van der Waals surface area (Å²) < 4.78 is 5.30. The van der Waals surface area contributed by atoms with E-state index < -0.39 is 5.91 Å². The van der Waals surface area contributed by atoms with E-state index in [1.54, 1.807) is 18.2 Å². The fraction of sp³-hybridized carbons (Fsp3) is 0.429. The third-order valence-electron chi connectivity index (χ3n) is 3.23. The molecule has 1 fully saturated rings. The molecule has 0 aromatic heterocycles. The van der Waals surface area contributed by atoms with Crippen molar-refractivity contribution in [1.29, 1.82) is 0 Å². The Morgan fingerprint density at radius 1 is 1.50 bits per heavy atom. The van der Waals surface area contributed by atoms with Gasteiger partial charge in [-0.3, -0.25) is 9.59 Å². The predicted molar refractivity (Wildman–Crippen MR) is 75.6 cm³/mol. The summed E-state index contributed by atoms with van der Waals surface area (Å²) in [5, 5.41) is 6.03. The number of benzene rings is 1. The van der Waals surface area contributed by atoms with Gasteiger partial charge >= 0.3 is 0 Å². The molecule has 1 atom stereocenters. The van der Waals surface area contributed by atoms with Gasteiger partial charge in [-0.1, -0.05) is 6.07 Å². The molecule has 0 bridgehead atoms. The minimum atomic E-state index is -0.511. The van der Waals surface area contributed by atoms with E-state index >= 15 is 0 Å². The largest absolute Gasteiger partial charge is 0.378 e. The third-order valence-corrected chi connectivity index (χ3v) is 3.23. The van der Waals surface area contributed by atoms with E-state index in [2.05, 4.69) is 10.6 Å². The topological polar surface area (TPSA) is 93.5 Å². The maximum absolute atomic E-state index is 12.0. The summed E-state index contributed by atoms with van der Waals surface area (Å²) >= 11 is 0. The number of nitrogens with two attached hydrogens (primary N) is 1. The number of rotatable bonds is 4. The zero-order valence-corrected chi connectivity index (χ0v) is 11.4. The lowest BCUT2D eigenvalue weighted by Crippen LogP contribution is -2.43. The molecule has 0 aliphatic carbocycles. The number of hydrogen-bond acceptors (Lipinski definition) is 4. The fourth-order valence-corrected chi connectivity index (χ4v) is 2.09. The Morgan fingerprint density at radius 2 is 2.30 bits per heavy atom. The molecule has 0 saturated carbocycles. The Kier molecular flexibility index (Phi) is 4.70. The van der Waals surface area contributed by atoms with Crippen molar-refractivity contribution in [3.8, 4) is 0 Å². The molecule has 0 spiro atoms. The molecule has 20 heavy (non-hydrogen) atoms. The first-order valence-corrected chi connectivity index (χ1v) is 6.57. The number of nitrogens with one attached hydrogen (secondary N) is 2. The second-order valence-corrected chi connectivity index (χ2v) is 4.87. The summed E-state index contributed by atoms with van der Waals surface area (Å²) in [4.78, 5) is 23.1. The van der Waals surface area contributed by atoms with E-state index in [0.717, 1.165) is 12.1 Å². The fourth-order valence-electron chi connectivity index (χ4n) is 2.09. The van der Waals surface area contributed by atoms with Crippen molar-refractivity contribution in [2.75, 3.05) is 25.1 Å². The summed E-state index contributed by atoms with van der Waals surface area (Å²) in [5.41, 5.74) is 7.11. The second-order valence-electron chi connectivity index (χ2n) is 4.87. The van der Waals surface area contributed by atoms with Crippen LogP contribution in [-0.2, 0) is 9.53 Å². The van der Waals surface area contributed by atoms with Crippen LogP contribution in [0.4, 0.5) is 5.69 Å². The number of amides is 2. The molecule has 108 valence electrons.